The highest BCUT2D eigenvalue weighted by Crippen LogP contribution is 2.54. The highest BCUT2D eigenvalue weighted by Gasteiger charge is 2.34. The molecule has 134 heavy (non-hydrogen) atoms. The maximum absolute atomic E-state index is 10.1. The van der Waals surface area contributed by atoms with E-state index in [9.17, 15) is 30.6 Å². The van der Waals surface area contributed by atoms with Crippen molar-refractivity contribution in [1.29, 1.82) is 0 Å². The van der Waals surface area contributed by atoms with Gasteiger partial charge in [-0.3, -0.25) is 0 Å². The van der Waals surface area contributed by atoms with Crippen LogP contribution in [0.15, 0.2) is 261 Å². The molecule has 672 valence electrons. The summed E-state index contributed by atoms with van der Waals surface area (Å²) >= 11 is 0. The lowest BCUT2D eigenvalue weighted by molar-refractivity contribution is -0.642. The highest BCUT2D eigenvalue weighted by molar-refractivity contribution is 6.23. The van der Waals surface area contributed by atoms with Crippen molar-refractivity contribution in [3.05, 3.63) is 300 Å². The van der Waals surface area contributed by atoms with E-state index in [-0.39, 0.29) is 46.4 Å². The van der Waals surface area contributed by atoms with Crippen LogP contribution in [0.4, 0.5) is 0 Å². The maximum atomic E-state index is 10.1. The molecule has 2 aliphatic rings. The zero-order valence-corrected chi connectivity index (χ0v) is 76.8. The molecule has 1 saturated carbocycles. The van der Waals surface area contributed by atoms with Gasteiger partial charge in [-0.05, 0) is 169 Å². The summed E-state index contributed by atoms with van der Waals surface area (Å²) in [5.41, 5.74) is 18.9. The van der Waals surface area contributed by atoms with E-state index in [1.54, 1.807) is 56.9 Å². The highest BCUT2D eigenvalue weighted by atomic mass is 16.7. The number of aliphatic hydroxyl groups excluding tert-OH is 6. The van der Waals surface area contributed by atoms with Crippen molar-refractivity contribution in [3.8, 4) is 102 Å². The average molecular weight is 1790 g/mol. The van der Waals surface area contributed by atoms with E-state index < -0.39 is 0 Å². The van der Waals surface area contributed by atoms with Crippen molar-refractivity contribution < 1.29 is 96.3 Å². The third-order valence-corrected chi connectivity index (χ3v) is 26.8. The Labute approximate surface area is 774 Å². The molecule has 20 heteroatoms. The van der Waals surface area contributed by atoms with Crippen LogP contribution < -0.4 is 65.6 Å². The van der Waals surface area contributed by atoms with Crippen molar-refractivity contribution in [2.75, 3.05) is 63.7 Å². The van der Waals surface area contributed by atoms with Gasteiger partial charge in [-0.1, -0.05) is 164 Å². The molecule has 0 saturated heterocycles. The van der Waals surface area contributed by atoms with Crippen LogP contribution in [-0.4, -0.2) is 94.3 Å². The Morgan fingerprint density at radius 2 is 0.590 bits per heavy atom. The quantitative estimate of drug-likeness (QED) is 0.0327. The number of nitrogens with zero attached hydrogens (tertiary/aromatic N) is 4. The van der Waals surface area contributed by atoms with Gasteiger partial charge < -0.3 is 78.0 Å². The number of pyridine rings is 4. The zero-order valence-electron chi connectivity index (χ0n) is 76.8. The molecular formula is C114H104N4O16+4. The van der Waals surface area contributed by atoms with E-state index in [0.29, 0.717) is 40.4 Å². The first kappa shape index (κ1) is 88.3. The SMILES string of the molecule is COc1cc2c(-c3ccc(-c4ccccc4)cc3)cc3c4ccc5c(c4c[n+](C)c3c2cc1OC)OCO5.COc1cc2c(-c3ccccc3)cc3c4ccc(CO)c(CO)c4c[n+](C)c3c2cc1OC.COc1cc2c(ccc3c4ccc(CO)c(CO)c4c[n+](C)c23)c(-c2ccccc2)c1OC.COc1cc2c(ccc3c4ccc(CO)c(CO)c4c[n+](C)c23)c(C2CC2)c1OC. The number of benzene rings is 16. The van der Waals surface area contributed by atoms with Gasteiger partial charge in [0, 0.05) is 48.8 Å². The summed E-state index contributed by atoms with van der Waals surface area (Å²) in [7, 11) is 21.5. The number of aryl methyl sites for hydroxylation is 4. The van der Waals surface area contributed by atoms with Crippen LogP contribution in [0.5, 0.6) is 57.5 Å². The molecule has 0 radical (unpaired) electrons. The Morgan fingerprint density at radius 3 is 1.01 bits per heavy atom. The number of aromatic nitrogens is 4. The Kier molecular flexibility index (Phi) is 24.4. The van der Waals surface area contributed by atoms with Gasteiger partial charge in [0.2, 0.25) is 28.9 Å². The Bertz CT molecular complexity index is 8040. The lowest BCUT2D eigenvalue weighted by Gasteiger charge is -2.17. The number of hydrogen-bond acceptors (Lipinski definition) is 16. The number of fused-ring (bicyclic) bond motifs is 22. The summed E-state index contributed by atoms with van der Waals surface area (Å²) in [6.07, 6.45) is 10.6. The van der Waals surface area contributed by atoms with Crippen LogP contribution in [0.1, 0.15) is 57.7 Å². The van der Waals surface area contributed by atoms with E-state index in [1.807, 2.05) is 137 Å². The van der Waals surface area contributed by atoms with Gasteiger partial charge in [-0.25, -0.2) is 0 Å². The third kappa shape index (κ3) is 15.2. The van der Waals surface area contributed by atoms with Crippen molar-refractivity contribution in [1.82, 2.24) is 0 Å². The summed E-state index contributed by atoms with van der Waals surface area (Å²) in [4.78, 5) is 0. The molecule has 0 spiro atoms. The van der Waals surface area contributed by atoms with Gasteiger partial charge in [-0.2, -0.15) is 18.3 Å². The van der Waals surface area contributed by atoms with Gasteiger partial charge in [0.25, 0.3) is 0 Å². The van der Waals surface area contributed by atoms with Crippen LogP contribution in [0.3, 0.4) is 0 Å². The normalized spacial score (nSPS) is 12.3. The molecule has 20 aromatic rings. The molecule has 20 nitrogen and oxygen atoms in total. The van der Waals surface area contributed by atoms with Gasteiger partial charge >= 0.3 is 0 Å². The Balaban J connectivity index is 0.000000115. The summed E-state index contributed by atoms with van der Waals surface area (Å²) < 4.78 is 65.7. The fourth-order valence-corrected chi connectivity index (χ4v) is 20.3. The maximum Gasteiger partial charge on any atom is 0.231 e. The zero-order chi connectivity index (χ0) is 93.0. The second-order valence-corrected chi connectivity index (χ2v) is 33.9. The van der Waals surface area contributed by atoms with Crippen LogP contribution in [0.25, 0.3) is 174 Å². The second-order valence-electron chi connectivity index (χ2n) is 33.9. The van der Waals surface area contributed by atoms with E-state index in [4.69, 9.17) is 47.4 Å². The first-order valence-corrected chi connectivity index (χ1v) is 44.5. The van der Waals surface area contributed by atoms with Crippen molar-refractivity contribution >= 4 is 130 Å². The molecule has 5 heterocycles. The predicted octanol–water partition coefficient (Wildman–Crippen LogP) is 20.2. The third-order valence-electron chi connectivity index (χ3n) is 26.8. The number of hydrogen-bond donors (Lipinski definition) is 6. The second kappa shape index (κ2) is 37.0. The first-order chi connectivity index (χ1) is 65.5. The van der Waals surface area contributed by atoms with Crippen LogP contribution >= 0.6 is 0 Å². The molecule has 1 fully saturated rings. The molecule has 16 aromatic carbocycles. The molecule has 0 amide bonds. The number of ether oxygens (including phenoxy) is 10. The molecule has 0 unspecified atom stereocenters. The fraction of sp³-hybridized carbons (Fsp3) is 0.193. The minimum Gasteiger partial charge on any atom is -0.493 e. The van der Waals surface area contributed by atoms with Crippen LogP contribution in [0, 0.1) is 0 Å². The van der Waals surface area contributed by atoms with E-state index >= 15 is 0 Å². The van der Waals surface area contributed by atoms with E-state index in [0.717, 1.165) is 214 Å². The number of rotatable bonds is 19. The van der Waals surface area contributed by atoms with Gasteiger partial charge in [0.05, 0.1) is 161 Å². The lowest BCUT2D eigenvalue weighted by Crippen LogP contribution is -2.29. The number of methoxy groups -OCH3 is 8. The minimum absolute atomic E-state index is 0.0902. The largest absolute Gasteiger partial charge is 0.493 e. The lowest BCUT2D eigenvalue weighted by atomic mass is 9.91. The minimum atomic E-state index is -0.136. The molecule has 1 aliphatic carbocycles. The fourth-order valence-electron chi connectivity index (χ4n) is 20.3. The van der Waals surface area contributed by atoms with Crippen molar-refractivity contribution in [2.45, 2.75) is 58.4 Å². The summed E-state index contributed by atoms with van der Waals surface area (Å²) in [5, 5.41) is 80.5. The topological polar surface area (TPSA) is 229 Å². The molecule has 22 rings (SSSR count). The standard InChI is InChI=1S/C33H26NO4.2C28H26NO4.C25H26NO4/c1-34-18-28-23(13-14-29-33(28)38-19-37-29)26-15-24(22-11-9-21(10-12-22)20-7-5-4-6-8-20)25-16-30(35-2)31(36-3)17-27(25)32(26)34;1-29-14-24-19(10-9-18(15-30)25(24)16-31)22-11-20(17-7-5-4-6-8-17)21-12-26(32-2)27(33-3)13-23(21)28(22)29;1-29-14-23-19(10-9-18(15-30)24(23)16-31)21-12-11-20-22(27(21)29)13-25(32-2)28(33-3)26(20)17-7-5-4-6-8-17;1-26-11-20-16(7-6-15(12-27)21(20)13-28)18-9-8-17-19(24(18)26)10-22(29-2)25(30-3)23(17)14-4-5-14/h4-18H,19H2,1-3H3;2*4-14,30-31H,15-16H2,1-3H3;6-11,14,27-28H,4-5,12-13H2,1-3H3/q4*+1. The molecule has 1 aliphatic heterocycles. The molecule has 4 aromatic heterocycles. The molecule has 0 atom stereocenters. The van der Waals surface area contributed by atoms with Crippen LogP contribution in [0.2, 0.25) is 0 Å². The molecular weight excluding hydrogens is 1680 g/mol. The van der Waals surface area contributed by atoms with Crippen molar-refractivity contribution in [2.24, 2.45) is 28.2 Å². The average Bonchev–Trinajstić information content (AvgIpc) is 0.963. The predicted molar refractivity (Wildman–Crippen MR) is 528 cm³/mol. The van der Waals surface area contributed by atoms with Gasteiger partial charge in [-0.15, -0.1) is 0 Å². The van der Waals surface area contributed by atoms with Crippen molar-refractivity contribution in [3.63, 3.8) is 0 Å². The Morgan fingerprint density at radius 1 is 0.269 bits per heavy atom. The summed E-state index contributed by atoms with van der Waals surface area (Å²) in [6.45, 7) is -0.446. The van der Waals surface area contributed by atoms with Gasteiger partial charge in [0.15, 0.2) is 82.3 Å². The smallest absolute Gasteiger partial charge is 0.231 e. The van der Waals surface area contributed by atoms with E-state index in [2.05, 4.69) is 171 Å². The summed E-state index contributed by atoms with van der Waals surface area (Å²) in [5.74, 6) is 7.80. The van der Waals surface area contributed by atoms with Gasteiger partial charge in [0.1, 0.15) is 28.2 Å². The Hall–Kier alpha value is -15.0. The first-order valence-electron chi connectivity index (χ1n) is 44.5. The summed E-state index contributed by atoms with van der Waals surface area (Å²) in [6, 6.07) is 81.0. The van der Waals surface area contributed by atoms with Crippen LogP contribution in [-0.2, 0) is 67.8 Å². The molecule has 6 N–H and O–H groups in total. The monoisotopic (exact) mass is 1780 g/mol. The van der Waals surface area contributed by atoms with E-state index in [1.165, 1.54) is 34.9 Å². The molecule has 0 bridgehead atoms. The number of aliphatic hydroxyl groups is 6.